The molecule has 1 unspecified atom stereocenters. The van der Waals surface area contributed by atoms with Crippen molar-refractivity contribution in [2.75, 3.05) is 36.7 Å². The largest absolute Gasteiger partial charge is 0.336 e. The molecule has 0 saturated carbocycles. The highest BCUT2D eigenvalue weighted by atomic mass is 32.2. The van der Waals surface area contributed by atoms with Crippen LogP contribution in [0.15, 0.2) is 36.4 Å². The number of sulfonamides is 1. The molecule has 3 rings (SSSR count). The lowest BCUT2D eigenvalue weighted by Crippen LogP contribution is -2.49. The fourth-order valence-corrected chi connectivity index (χ4v) is 4.89. The number of rotatable bonds is 7. The smallest absolute Gasteiger partial charge is 0.253 e. The first-order chi connectivity index (χ1) is 15.1. The molecule has 174 valence electrons. The van der Waals surface area contributed by atoms with E-state index in [1.807, 2.05) is 4.90 Å². The summed E-state index contributed by atoms with van der Waals surface area (Å²) < 4.78 is 67.4. The van der Waals surface area contributed by atoms with Crippen LogP contribution in [0, 0.1) is 17.5 Å². The summed E-state index contributed by atoms with van der Waals surface area (Å²) in [5.41, 5.74) is 0.754. The second kappa shape index (κ2) is 9.91. The summed E-state index contributed by atoms with van der Waals surface area (Å²) >= 11 is 0. The van der Waals surface area contributed by atoms with E-state index in [-0.39, 0.29) is 17.2 Å². The topological polar surface area (TPSA) is 69.7 Å². The maximum Gasteiger partial charge on any atom is 0.253 e. The lowest BCUT2D eigenvalue weighted by molar-refractivity contribution is 0.0578. The molecule has 6 nitrogen and oxygen atoms in total. The second-order valence-electron chi connectivity index (χ2n) is 7.79. The molecular formula is C22H26F3N3O3S. The summed E-state index contributed by atoms with van der Waals surface area (Å²) in [4.78, 5) is 16.3. The summed E-state index contributed by atoms with van der Waals surface area (Å²) in [6, 6.07) is 7.17. The van der Waals surface area contributed by atoms with E-state index in [9.17, 15) is 26.4 Å². The van der Waals surface area contributed by atoms with Crippen LogP contribution in [0.25, 0.3) is 0 Å². The van der Waals surface area contributed by atoms with E-state index >= 15 is 0 Å². The normalized spacial score (nSPS) is 16.1. The number of amides is 1. The van der Waals surface area contributed by atoms with Crippen LogP contribution in [0.5, 0.6) is 0 Å². The molecule has 0 spiro atoms. The molecule has 0 aliphatic carbocycles. The van der Waals surface area contributed by atoms with E-state index in [1.165, 1.54) is 0 Å². The van der Waals surface area contributed by atoms with Gasteiger partial charge in [0.15, 0.2) is 11.6 Å². The van der Waals surface area contributed by atoms with Crippen molar-refractivity contribution in [2.45, 2.75) is 26.3 Å². The Bertz CT molecular complexity index is 1070. The lowest BCUT2D eigenvalue weighted by Gasteiger charge is -2.38. The Hall–Kier alpha value is -2.59. The van der Waals surface area contributed by atoms with Crippen LogP contribution in [-0.2, 0) is 10.0 Å². The third kappa shape index (κ3) is 5.60. The predicted molar refractivity (Wildman–Crippen MR) is 116 cm³/mol. The summed E-state index contributed by atoms with van der Waals surface area (Å²) in [7, 11) is -3.41. The number of benzene rings is 2. The number of nitrogens with one attached hydrogen (secondary N) is 1. The first-order valence-corrected chi connectivity index (χ1v) is 12.0. The van der Waals surface area contributed by atoms with Gasteiger partial charge in [-0.2, -0.15) is 0 Å². The molecule has 1 saturated heterocycles. The highest BCUT2D eigenvalue weighted by molar-refractivity contribution is 7.92. The van der Waals surface area contributed by atoms with Crippen molar-refractivity contribution in [1.82, 2.24) is 9.80 Å². The van der Waals surface area contributed by atoms with Crippen molar-refractivity contribution in [2.24, 2.45) is 0 Å². The molecule has 1 aliphatic heterocycles. The SMILES string of the molecule is CCCS(=O)(=O)Nc1ccc(C(=O)N2CCN(C(C)c3cc(F)cc(F)c3F)CC2)cc1. The lowest BCUT2D eigenvalue weighted by atomic mass is 10.0. The highest BCUT2D eigenvalue weighted by Crippen LogP contribution is 2.27. The maximum atomic E-state index is 14.1. The zero-order valence-electron chi connectivity index (χ0n) is 17.9. The highest BCUT2D eigenvalue weighted by Gasteiger charge is 2.28. The molecule has 1 amide bonds. The third-order valence-electron chi connectivity index (χ3n) is 5.50. The van der Waals surface area contributed by atoms with Crippen LogP contribution < -0.4 is 4.72 Å². The summed E-state index contributed by atoms with van der Waals surface area (Å²) in [6.07, 6.45) is 0.497. The van der Waals surface area contributed by atoms with E-state index in [0.717, 1.165) is 6.07 Å². The first-order valence-electron chi connectivity index (χ1n) is 10.4. The molecule has 32 heavy (non-hydrogen) atoms. The van der Waals surface area contributed by atoms with E-state index in [0.29, 0.717) is 49.9 Å². The van der Waals surface area contributed by atoms with Crippen LogP contribution in [0.3, 0.4) is 0 Å². The summed E-state index contributed by atoms with van der Waals surface area (Å²) in [5.74, 6) is -3.31. The van der Waals surface area contributed by atoms with Crippen molar-refractivity contribution in [3.63, 3.8) is 0 Å². The Kier molecular flexibility index (Phi) is 7.45. The Labute approximate surface area is 186 Å². The quantitative estimate of drug-likeness (QED) is 0.627. The van der Waals surface area contributed by atoms with Crippen LogP contribution >= 0.6 is 0 Å². The van der Waals surface area contributed by atoms with Gasteiger partial charge in [0.05, 0.1) is 5.75 Å². The average molecular weight is 470 g/mol. The van der Waals surface area contributed by atoms with E-state index in [4.69, 9.17) is 0 Å². The van der Waals surface area contributed by atoms with E-state index < -0.39 is 33.5 Å². The van der Waals surface area contributed by atoms with Crippen molar-refractivity contribution in [3.05, 3.63) is 65.0 Å². The van der Waals surface area contributed by atoms with Gasteiger partial charge in [0.2, 0.25) is 10.0 Å². The standard InChI is InChI=1S/C22H26F3N3O3S/c1-3-12-32(30,31)26-18-6-4-16(5-7-18)22(29)28-10-8-27(9-11-28)15(2)19-13-17(23)14-20(24)21(19)25/h4-7,13-15,26H,3,8-12H2,1-2H3. The third-order valence-corrected chi connectivity index (χ3v) is 6.99. The molecule has 1 N–H and O–H groups in total. The van der Waals surface area contributed by atoms with Crippen LogP contribution in [0.4, 0.5) is 18.9 Å². The fourth-order valence-electron chi connectivity index (χ4n) is 3.75. The zero-order valence-corrected chi connectivity index (χ0v) is 18.8. The number of carbonyl (C=O) groups excluding carboxylic acids is 1. The van der Waals surface area contributed by atoms with Gasteiger partial charge in [-0.05, 0) is 43.7 Å². The van der Waals surface area contributed by atoms with Gasteiger partial charge in [-0.1, -0.05) is 6.92 Å². The van der Waals surface area contributed by atoms with Crippen molar-refractivity contribution in [1.29, 1.82) is 0 Å². The molecule has 1 atom stereocenters. The second-order valence-corrected chi connectivity index (χ2v) is 9.64. The Morgan fingerprint density at radius 2 is 1.69 bits per heavy atom. The number of piperazine rings is 1. The monoisotopic (exact) mass is 469 g/mol. The molecule has 1 heterocycles. The van der Waals surface area contributed by atoms with E-state index in [1.54, 1.807) is 43.0 Å². The van der Waals surface area contributed by atoms with Crippen molar-refractivity contribution in [3.8, 4) is 0 Å². The molecular weight excluding hydrogens is 443 g/mol. The van der Waals surface area contributed by atoms with Gasteiger partial charge in [0.25, 0.3) is 5.91 Å². The molecule has 0 bridgehead atoms. The number of carbonyl (C=O) groups is 1. The van der Waals surface area contributed by atoms with Crippen molar-refractivity contribution >= 4 is 21.6 Å². The van der Waals surface area contributed by atoms with Crippen LogP contribution in [0.1, 0.15) is 42.2 Å². The van der Waals surface area contributed by atoms with Crippen molar-refractivity contribution < 1.29 is 26.4 Å². The number of halogens is 3. The minimum Gasteiger partial charge on any atom is -0.336 e. The summed E-state index contributed by atoms with van der Waals surface area (Å²) in [5, 5.41) is 0. The molecule has 0 radical (unpaired) electrons. The molecule has 10 heteroatoms. The maximum absolute atomic E-state index is 14.1. The number of hydrogen-bond donors (Lipinski definition) is 1. The average Bonchev–Trinajstić information content (AvgIpc) is 2.75. The number of nitrogens with zero attached hydrogens (tertiary/aromatic N) is 2. The first kappa shape index (κ1) is 24.1. The predicted octanol–water partition coefficient (Wildman–Crippen LogP) is 3.77. The van der Waals surface area contributed by atoms with Crippen LogP contribution in [-0.4, -0.2) is 56.1 Å². The van der Waals surface area contributed by atoms with Gasteiger partial charge in [-0.15, -0.1) is 0 Å². The molecule has 1 fully saturated rings. The van der Waals surface area contributed by atoms with Gasteiger partial charge in [-0.3, -0.25) is 14.4 Å². The molecule has 0 aromatic heterocycles. The fraction of sp³-hybridized carbons (Fsp3) is 0.409. The van der Waals surface area contributed by atoms with Gasteiger partial charge in [0, 0.05) is 55.1 Å². The molecule has 1 aliphatic rings. The Balaban J connectivity index is 1.61. The van der Waals surface area contributed by atoms with Gasteiger partial charge < -0.3 is 4.90 Å². The minimum atomic E-state index is -3.41. The molecule has 2 aromatic carbocycles. The van der Waals surface area contributed by atoms with Gasteiger partial charge >= 0.3 is 0 Å². The minimum absolute atomic E-state index is 0.0164. The van der Waals surface area contributed by atoms with E-state index in [2.05, 4.69) is 4.72 Å². The summed E-state index contributed by atoms with van der Waals surface area (Å²) in [6.45, 7) is 5.02. The number of hydrogen-bond acceptors (Lipinski definition) is 4. The van der Waals surface area contributed by atoms with Gasteiger partial charge in [0.1, 0.15) is 5.82 Å². The Morgan fingerprint density at radius 3 is 2.28 bits per heavy atom. The van der Waals surface area contributed by atoms with Crippen LogP contribution in [0.2, 0.25) is 0 Å². The number of anilines is 1. The molecule has 2 aromatic rings. The Morgan fingerprint density at radius 1 is 1.06 bits per heavy atom. The van der Waals surface area contributed by atoms with Gasteiger partial charge in [-0.25, -0.2) is 21.6 Å². The zero-order chi connectivity index (χ0) is 23.5.